The summed E-state index contributed by atoms with van der Waals surface area (Å²) in [6, 6.07) is 10.6. The molecule has 0 spiro atoms. The minimum Gasteiger partial charge on any atom is -0.483 e. The molecule has 0 aromatic heterocycles. The number of nitrogens with zero attached hydrogens (tertiary/aromatic N) is 1. The number of carbonyl (C=O) groups excluding carboxylic acids is 2. The first-order valence-electron chi connectivity index (χ1n) is 12.0. The number of aryl methyl sites for hydroxylation is 2. The summed E-state index contributed by atoms with van der Waals surface area (Å²) in [6.45, 7) is 5.81. The molecule has 184 valence electrons. The van der Waals surface area contributed by atoms with Crippen LogP contribution >= 0.6 is 23.2 Å². The van der Waals surface area contributed by atoms with Crippen molar-refractivity contribution in [3.8, 4) is 5.75 Å². The normalized spacial score (nSPS) is 15.0. The van der Waals surface area contributed by atoms with E-state index in [0.717, 1.165) is 36.8 Å². The highest BCUT2D eigenvalue weighted by molar-refractivity contribution is 6.36. The van der Waals surface area contributed by atoms with Gasteiger partial charge in [0.05, 0.1) is 0 Å². The Morgan fingerprint density at radius 3 is 2.38 bits per heavy atom. The van der Waals surface area contributed by atoms with Crippen LogP contribution in [0.3, 0.4) is 0 Å². The Bertz CT molecular complexity index is 985. The van der Waals surface area contributed by atoms with Crippen LogP contribution in [-0.2, 0) is 16.1 Å². The van der Waals surface area contributed by atoms with E-state index in [1.54, 1.807) is 23.1 Å². The van der Waals surface area contributed by atoms with E-state index in [2.05, 4.69) is 5.32 Å². The van der Waals surface area contributed by atoms with Crippen molar-refractivity contribution < 1.29 is 14.3 Å². The number of halogens is 2. The second kappa shape index (κ2) is 12.5. The molecule has 1 saturated carbocycles. The van der Waals surface area contributed by atoms with Crippen molar-refractivity contribution in [3.05, 3.63) is 63.1 Å². The summed E-state index contributed by atoms with van der Waals surface area (Å²) in [5, 5.41) is 4.09. The quantitative estimate of drug-likeness (QED) is 0.439. The first-order valence-corrected chi connectivity index (χ1v) is 12.8. The number of rotatable bonds is 9. The second-order valence-corrected chi connectivity index (χ2v) is 9.86. The Balaban J connectivity index is 1.82. The van der Waals surface area contributed by atoms with Crippen molar-refractivity contribution in [1.82, 2.24) is 10.2 Å². The number of benzene rings is 2. The average molecular weight is 505 g/mol. The summed E-state index contributed by atoms with van der Waals surface area (Å²) in [5.41, 5.74) is 2.70. The van der Waals surface area contributed by atoms with Gasteiger partial charge in [-0.15, -0.1) is 0 Å². The van der Waals surface area contributed by atoms with Gasteiger partial charge >= 0.3 is 0 Å². The summed E-state index contributed by atoms with van der Waals surface area (Å²) < 4.78 is 5.87. The van der Waals surface area contributed by atoms with Crippen LogP contribution in [0.4, 0.5) is 0 Å². The molecule has 7 heteroatoms. The fourth-order valence-electron chi connectivity index (χ4n) is 4.50. The van der Waals surface area contributed by atoms with Crippen LogP contribution < -0.4 is 10.1 Å². The van der Waals surface area contributed by atoms with Gasteiger partial charge in [0, 0.05) is 28.2 Å². The summed E-state index contributed by atoms with van der Waals surface area (Å²) in [7, 11) is 0. The van der Waals surface area contributed by atoms with Crippen LogP contribution in [0, 0.1) is 13.8 Å². The molecular weight excluding hydrogens is 471 g/mol. The van der Waals surface area contributed by atoms with E-state index in [4.69, 9.17) is 27.9 Å². The van der Waals surface area contributed by atoms with E-state index in [-0.39, 0.29) is 31.0 Å². The van der Waals surface area contributed by atoms with Crippen molar-refractivity contribution in [1.29, 1.82) is 0 Å². The number of ether oxygens (including phenoxy) is 1. The fourth-order valence-corrected chi connectivity index (χ4v) is 5.02. The average Bonchev–Trinajstić information content (AvgIpc) is 2.80. The number of amides is 2. The van der Waals surface area contributed by atoms with Crippen LogP contribution in [0.25, 0.3) is 0 Å². The topological polar surface area (TPSA) is 58.6 Å². The molecule has 0 heterocycles. The van der Waals surface area contributed by atoms with Crippen LogP contribution in [0.1, 0.15) is 62.1 Å². The van der Waals surface area contributed by atoms with E-state index in [0.29, 0.717) is 27.8 Å². The van der Waals surface area contributed by atoms with E-state index in [1.165, 1.54) is 6.42 Å². The Labute approximate surface area is 212 Å². The van der Waals surface area contributed by atoms with Gasteiger partial charge in [0.25, 0.3) is 5.91 Å². The molecular formula is C27H34Cl2N2O3. The first kappa shape index (κ1) is 26.4. The highest BCUT2D eigenvalue weighted by Crippen LogP contribution is 2.27. The molecule has 0 saturated heterocycles. The molecule has 0 radical (unpaired) electrons. The SMILES string of the molecule is CC[C@H](C(=O)NC1CCCCC1)N(Cc1c(Cl)cccc1Cl)C(=O)COc1ccc(C)cc1C. The molecule has 5 nitrogen and oxygen atoms in total. The van der Waals surface area contributed by atoms with Gasteiger partial charge in [-0.25, -0.2) is 0 Å². The zero-order valence-corrected chi connectivity index (χ0v) is 21.7. The molecule has 1 atom stereocenters. The van der Waals surface area contributed by atoms with Gasteiger partial charge in [0.15, 0.2) is 6.61 Å². The zero-order valence-electron chi connectivity index (χ0n) is 20.2. The van der Waals surface area contributed by atoms with Gasteiger partial charge in [-0.1, -0.05) is 73.2 Å². The van der Waals surface area contributed by atoms with Gasteiger partial charge in [0.1, 0.15) is 11.8 Å². The highest BCUT2D eigenvalue weighted by atomic mass is 35.5. The highest BCUT2D eigenvalue weighted by Gasteiger charge is 2.31. The zero-order chi connectivity index (χ0) is 24.7. The third-order valence-electron chi connectivity index (χ3n) is 6.41. The second-order valence-electron chi connectivity index (χ2n) is 9.05. The molecule has 3 rings (SSSR count). The molecule has 1 aliphatic carbocycles. The van der Waals surface area contributed by atoms with Crippen molar-refractivity contribution in [2.45, 2.75) is 77.9 Å². The van der Waals surface area contributed by atoms with Crippen LogP contribution in [0.15, 0.2) is 36.4 Å². The molecule has 0 aliphatic heterocycles. The van der Waals surface area contributed by atoms with E-state index < -0.39 is 6.04 Å². The lowest BCUT2D eigenvalue weighted by Gasteiger charge is -2.33. The molecule has 1 fully saturated rings. The van der Waals surface area contributed by atoms with Gasteiger partial charge in [-0.2, -0.15) is 0 Å². The Morgan fingerprint density at radius 1 is 1.09 bits per heavy atom. The lowest BCUT2D eigenvalue weighted by molar-refractivity contribution is -0.143. The maximum Gasteiger partial charge on any atom is 0.261 e. The van der Waals surface area contributed by atoms with Crippen molar-refractivity contribution in [2.24, 2.45) is 0 Å². The third-order valence-corrected chi connectivity index (χ3v) is 7.12. The standard InChI is InChI=1S/C27H34Cl2N2O3/c1-4-24(27(33)30-20-9-6-5-7-10-20)31(16-21-22(28)11-8-12-23(21)29)26(32)17-34-25-14-13-18(2)15-19(25)3/h8,11-15,20,24H,4-7,9-10,16-17H2,1-3H3,(H,30,33)/t24-/m1/s1. The lowest BCUT2D eigenvalue weighted by Crippen LogP contribution is -2.52. The summed E-state index contributed by atoms with van der Waals surface area (Å²) in [5.74, 6) is 0.216. The lowest BCUT2D eigenvalue weighted by atomic mass is 9.95. The molecule has 1 N–H and O–H groups in total. The molecule has 2 aromatic rings. The third kappa shape index (κ3) is 6.89. The van der Waals surface area contributed by atoms with E-state index in [9.17, 15) is 9.59 Å². The fraction of sp³-hybridized carbons (Fsp3) is 0.481. The van der Waals surface area contributed by atoms with Gasteiger partial charge in [-0.3, -0.25) is 9.59 Å². The maximum atomic E-state index is 13.5. The summed E-state index contributed by atoms with van der Waals surface area (Å²) in [4.78, 5) is 28.3. The maximum absolute atomic E-state index is 13.5. The van der Waals surface area contributed by atoms with Crippen LogP contribution in [0.5, 0.6) is 5.75 Å². The number of hydrogen-bond acceptors (Lipinski definition) is 3. The number of carbonyl (C=O) groups is 2. The van der Waals surface area contributed by atoms with E-state index in [1.807, 2.05) is 39.0 Å². The molecule has 0 bridgehead atoms. The van der Waals surface area contributed by atoms with Crippen molar-refractivity contribution >= 4 is 35.0 Å². The van der Waals surface area contributed by atoms with Gasteiger partial charge < -0.3 is 15.0 Å². The Kier molecular flexibility index (Phi) is 9.66. The molecule has 34 heavy (non-hydrogen) atoms. The minimum atomic E-state index is -0.649. The predicted molar refractivity (Wildman–Crippen MR) is 138 cm³/mol. The molecule has 0 unspecified atom stereocenters. The number of hydrogen-bond donors (Lipinski definition) is 1. The smallest absolute Gasteiger partial charge is 0.261 e. The van der Waals surface area contributed by atoms with Gasteiger partial charge in [0.2, 0.25) is 5.91 Å². The largest absolute Gasteiger partial charge is 0.483 e. The van der Waals surface area contributed by atoms with Crippen LogP contribution in [0.2, 0.25) is 10.0 Å². The number of nitrogens with one attached hydrogen (secondary N) is 1. The van der Waals surface area contributed by atoms with Gasteiger partial charge in [-0.05, 0) is 56.9 Å². The molecule has 2 aromatic carbocycles. The van der Waals surface area contributed by atoms with Crippen LogP contribution in [-0.4, -0.2) is 35.4 Å². The minimum absolute atomic E-state index is 0.129. The first-order chi connectivity index (χ1) is 16.3. The molecule has 2 amide bonds. The summed E-state index contributed by atoms with van der Waals surface area (Å²) in [6.07, 6.45) is 5.85. The Morgan fingerprint density at radius 2 is 1.76 bits per heavy atom. The van der Waals surface area contributed by atoms with E-state index >= 15 is 0 Å². The predicted octanol–water partition coefficient (Wildman–Crippen LogP) is 6.25. The van der Waals surface area contributed by atoms with Crippen molar-refractivity contribution in [3.63, 3.8) is 0 Å². The Hall–Kier alpha value is -2.24. The molecule has 1 aliphatic rings. The summed E-state index contributed by atoms with van der Waals surface area (Å²) >= 11 is 12.8. The van der Waals surface area contributed by atoms with Crippen molar-refractivity contribution in [2.75, 3.05) is 6.61 Å². The monoisotopic (exact) mass is 504 g/mol.